The van der Waals surface area contributed by atoms with E-state index in [2.05, 4.69) is 6.07 Å². The first-order valence-electron chi connectivity index (χ1n) is 3.92. The van der Waals surface area contributed by atoms with E-state index in [1.807, 2.05) is 35.0 Å². The maximum atomic E-state index is 8.56. The zero-order valence-electron chi connectivity index (χ0n) is 6.87. The van der Waals surface area contributed by atoms with Crippen molar-refractivity contribution in [3.8, 4) is 6.07 Å². The van der Waals surface area contributed by atoms with Gasteiger partial charge in [0.25, 0.3) is 0 Å². The molecule has 2 rings (SSSR count). The van der Waals surface area contributed by atoms with Crippen LogP contribution < -0.4 is 0 Å². The van der Waals surface area contributed by atoms with Gasteiger partial charge in [0.15, 0.2) is 0 Å². The summed E-state index contributed by atoms with van der Waals surface area (Å²) in [7, 11) is 0. The van der Waals surface area contributed by atoms with Gasteiger partial charge in [-0.05, 0) is 23.6 Å². The van der Waals surface area contributed by atoms with Crippen LogP contribution in [-0.4, -0.2) is 4.57 Å². The van der Waals surface area contributed by atoms with Crippen LogP contribution in [0.15, 0.2) is 30.5 Å². The molecule has 0 bridgehead atoms. The van der Waals surface area contributed by atoms with E-state index in [1.54, 1.807) is 0 Å². The highest BCUT2D eigenvalue weighted by atomic mass is 35.5. The van der Waals surface area contributed by atoms with Crippen LogP contribution in [0.5, 0.6) is 0 Å². The van der Waals surface area contributed by atoms with Crippen LogP contribution in [0.25, 0.3) is 10.9 Å². The molecule has 0 atom stereocenters. The van der Waals surface area contributed by atoms with Crippen LogP contribution in [-0.2, 0) is 6.54 Å². The maximum absolute atomic E-state index is 8.56. The number of benzene rings is 1. The van der Waals surface area contributed by atoms with Crippen molar-refractivity contribution < 1.29 is 0 Å². The molecule has 1 aromatic carbocycles. The van der Waals surface area contributed by atoms with Crippen LogP contribution in [0.4, 0.5) is 0 Å². The molecule has 0 aliphatic rings. The van der Waals surface area contributed by atoms with Crippen molar-refractivity contribution in [1.82, 2.24) is 4.57 Å². The largest absolute Gasteiger partial charge is 0.334 e. The highest BCUT2D eigenvalue weighted by Gasteiger charge is 2.00. The van der Waals surface area contributed by atoms with Gasteiger partial charge in [-0.3, -0.25) is 0 Å². The van der Waals surface area contributed by atoms with Crippen LogP contribution in [0.2, 0.25) is 5.02 Å². The third-order valence-corrected chi connectivity index (χ3v) is 2.21. The minimum Gasteiger partial charge on any atom is -0.334 e. The standard InChI is InChI=1S/C10H7ClN2/c11-9-2-1-8-3-5-13(6-4-12)10(8)7-9/h1-3,5,7H,6H2. The fourth-order valence-electron chi connectivity index (χ4n) is 1.37. The van der Waals surface area contributed by atoms with Crippen molar-refractivity contribution in [3.05, 3.63) is 35.5 Å². The predicted molar refractivity (Wildman–Crippen MR) is 52.6 cm³/mol. The quantitative estimate of drug-likeness (QED) is 0.680. The number of rotatable bonds is 1. The summed E-state index contributed by atoms with van der Waals surface area (Å²) < 4.78 is 1.88. The minimum atomic E-state index is 0.365. The van der Waals surface area contributed by atoms with Crippen molar-refractivity contribution in [2.45, 2.75) is 6.54 Å². The molecule has 1 aromatic heterocycles. The second-order valence-corrected chi connectivity index (χ2v) is 3.24. The minimum absolute atomic E-state index is 0.365. The van der Waals surface area contributed by atoms with Crippen LogP contribution in [0.3, 0.4) is 0 Å². The second-order valence-electron chi connectivity index (χ2n) is 2.80. The molecule has 0 saturated heterocycles. The van der Waals surface area contributed by atoms with Gasteiger partial charge < -0.3 is 4.57 Å². The van der Waals surface area contributed by atoms with E-state index in [0.717, 1.165) is 10.9 Å². The number of fused-ring (bicyclic) bond motifs is 1. The van der Waals surface area contributed by atoms with Crippen molar-refractivity contribution in [1.29, 1.82) is 5.26 Å². The zero-order valence-corrected chi connectivity index (χ0v) is 7.62. The van der Waals surface area contributed by atoms with Gasteiger partial charge >= 0.3 is 0 Å². The monoisotopic (exact) mass is 190 g/mol. The molecule has 13 heavy (non-hydrogen) atoms. The fraction of sp³-hybridized carbons (Fsp3) is 0.100. The van der Waals surface area contributed by atoms with Gasteiger partial charge in [0.2, 0.25) is 0 Å². The number of hydrogen-bond acceptors (Lipinski definition) is 1. The summed E-state index contributed by atoms with van der Waals surface area (Å²) in [5.41, 5.74) is 1.01. The molecule has 0 aliphatic heterocycles. The summed E-state index contributed by atoms with van der Waals surface area (Å²) >= 11 is 5.85. The summed E-state index contributed by atoms with van der Waals surface area (Å²) in [6, 6.07) is 9.74. The molecular formula is C10H7ClN2. The molecule has 1 heterocycles. The Bertz CT molecular complexity index is 479. The van der Waals surface area contributed by atoms with Crippen molar-refractivity contribution >= 4 is 22.5 Å². The smallest absolute Gasteiger partial charge is 0.110 e. The summed E-state index contributed by atoms with van der Waals surface area (Å²) in [5, 5.41) is 10.4. The Labute approximate surface area is 81.0 Å². The van der Waals surface area contributed by atoms with E-state index in [9.17, 15) is 0 Å². The van der Waals surface area contributed by atoms with E-state index in [0.29, 0.717) is 11.6 Å². The Kier molecular flexibility index (Phi) is 1.96. The van der Waals surface area contributed by atoms with E-state index in [1.165, 1.54) is 0 Å². The first-order chi connectivity index (χ1) is 6.31. The molecule has 0 radical (unpaired) electrons. The Morgan fingerprint density at radius 3 is 3.00 bits per heavy atom. The third-order valence-electron chi connectivity index (χ3n) is 1.98. The lowest BCUT2D eigenvalue weighted by molar-refractivity contribution is 0.874. The van der Waals surface area contributed by atoms with Crippen LogP contribution >= 0.6 is 11.6 Å². The van der Waals surface area contributed by atoms with Gasteiger partial charge in [-0.1, -0.05) is 17.7 Å². The number of halogens is 1. The third kappa shape index (κ3) is 1.39. The van der Waals surface area contributed by atoms with Crippen LogP contribution in [0.1, 0.15) is 0 Å². The zero-order chi connectivity index (χ0) is 9.26. The lowest BCUT2D eigenvalue weighted by Crippen LogP contribution is -1.91. The van der Waals surface area contributed by atoms with E-state index >= 15 is 0 Å². The number of hydrogen-bond donors (Lipinski definition) is 0. The molecule has 0 unspecified atom stereocenters. The maximum Gasteiger partial charge on any atom is 0.110 e. The predicted octanol–water partition coefficient (Wildman–Crippen LogP) is 2.82. The van der Waals surface area contributed by atoms with E-state index in [4.69, 9.17) is 16.9 Å². The Morgan fingerprint density at radius 1 is 1.38 bits per heavy atom. The van der Waals surface area contributed by atoms with Gasteiger partial charge in [0.05, 0.1) is 11.6 Å². The summed E-state index contributed by atoms with van der Waals surface area (Å²) in [6.07, 6.45) is 1.89. The van der Waals surface area contributed by atoms with Crippen molar-refractivity contribution in [3.63, 3.8) is 0 Å². The van der Waals surface area contributed by atoms with E-state index < -0.39 is 0 Å². The summed E-state index contributed by atoms with van der Waals surface area (Å²) in [6.45, 7) is 0.365. The molecule has 0 amide bonds. The number of nitriles is 1. The molecule has 2 aromatic rings. The topological polar surface area (TPSA) is 28.7 Å². The number of aromatic nitrogens is 1. The first-order valence-corrected chi connectivity index (χ1v) is 4.30. The molecule has 3 heteroatoms. The molecule has 64 valence electrons. The lowest BCUT2D eigenvalue weighted by Gasteiger charge is -1.98. The van der Waals surface area contributed by atoms with Gasteiger partial charge in [0.1, 0.15) is 6.54 Å². The van der Waals surface area contributed by atoms with Gasteiger partial charge in [0, 0.05) is 11.2 Å². The Hall–Kier alpha value is -1.46. The molecule has 0 fully saturated rings. The first kappa shape index (κ1) is 8.15. The Morgan fingerprint density at radius 2 is 2.23 bits per heavy atom. The molecule has 0 aliphatic carbocycles. The average molecular weight is 191 g/mol. The SMILES string of the molecule is N#CCn1ccc2ccc(Cl)cc21. The molecule has 0 saturated carbocycles. The number of nitrogens with zero attached hydrogens (tertiary/aromatic N) is 2. The molecule has 0 N–H and O–H groups in total. The molecule has 0 spiro atoms. The Balaban J connectivity index is 2.66. The van der Waals surface area contributed by atoms with Crippen molar-refractivity contribution in [2.24, 2.45) is 0 Å². The normalized spacial score (nSPS) is 10.2. The summed E-state index contributed by atoms with van der Waals surface area (Å²) in [4.78, 5) is 0. The molecular weight excluding hydrogens is 184 g/mol. The second kappa shape index (κ2) is 3.12. The lowest BCUT2D eigenvalue weighted by atomic mass is 10.2. The van der Waals surface area contributed by atoms with Gasteiger partial charge in [-0.15, -0.1) is 0 Å². The highest BCUT2D eigenvalue weighted by Crippen LogP contribution is 2.20. The fourth-order valence-corrected chi connectivity index (χ4v) is 1.54. The van der Waals surface area contributed by atoms with E-state index in [-0.39, 0.29) is 0 Å². The molecule has 2 nitrogen and oxygen atoms in total. The highest BCUT2D eigenvalue weighted by molar-refractivity contribution is 6.31. The van der Waals surface area contributed by atoms with Crippen LogP contribution in [0, 0.1) is 11.3 Å². The van der Waals surface area contributed by atoms with Crippen molar-refractivity contribution in [2.75, 3.05) is 0 Å². The van der Waals surface area contributed by atoms with Gasteiger partial charge in [-0.2, -0.15) is 5.26 Å². The average Bonchev–Trinajstić information content (AvgIpc) is 2.49. The summed E-state index contributed by atoms with van der Waals surface area (Å²) in [5.74, 6) is 0. The van der Waals surface area contributed by atoms with Gasteiger partial charge in [-0.25, -0.2) is 0 Å².